The average molecular weight is 319 g/mol. The van der Waals surface area contributed by atoms with Crippen molar-refractivity contribution in [1.29, 1.82) is 0 Å². The molecule has 23 heavy (non-hydrogen) atoms. The van der Waals surface area contributed by atoms with E-state index in [9.17, 15) is 4.79 Å². The zero-order valence-corrected chi connectivity index (χ0v) is 15.0. The Labute approximate surface area is 139 Å². The van der Waals surface area contributed by atoms with Crippen molar-refractivity contribution in [2.24, 2.45) is 11.8 Å². The van der Waals surface area contributed by atoms with Crippen molar-refractivity contribution in [3.8, 4) is 5.75 Å². The Kier molecular flexibility index (Phi) is 4.90. The fourth-order valence-electron chi connectivity index (χ4n) is 3.89. The molecule has 1 aliphatic heterocycles. The number of rotatable bonds is 4. The second-order valence-corrected chi connectivity index (χ2v) is 7.41. The fourth-order valence-corrected chi connectivity index (χ4v) is 3.89. The molecule has 0 spiro atoms. The summed E-state index contributed by atoms with van der Waals surface area (Å²) in [4.78, 5) is 14.7. The Morgan fingerprint density at radius 3 is 2.61 bits per heavy atom. The molecule has 1 aromatic rings. The minimum absolute atomic E-state index is 0.130. The number of ether oxygens (including phenoxy) is 1. The summed E-state index contributed by atoms with van der Waals surface area (Å²) in [5.74, 6) is 6.66. The molecule has 1 aliphatic rings. The predicted octanol–water partition coefficient (Wildman–Crippen LogP) is 2.80. The second kappa shape index (κ2) is 6.40. The molecule has 0 saturated heterocycles. The van der Waals surface area contributed by atoms with Crippen molar-refractivity contribution in [3.63, 3.8) is 0 Å². The standard InChI is InChI=1S/C18H29N3O2/c1-11(2)16(17(22)20-19)21-15-9-13(23-6)7-8-14(15)12(3)10-18(21,4)5/h7-9,11-12,16H,10,19H2,1-6H3,(H,20,22)/t12-,16-/m0/s1. The lowest BCUT2D eigenvalue weighted by Crippen LogP contribution is -2.61. The van der Waals surface area contributed by atoms with Crippen molar-refractivity contribution < 1.29 is 9.53 Å². The summed E-state index contributed by atoms with van der Waals surface area (Å²) in [5, 5.41) is 0. The topological polar surface area (TPSA) is 67.6 Å². The number of hydrogen-bond donors (Lipinski definition) is 2. The number of fused-ring (bicyclic) bond motifs is 1. The number of methoxy groups -OCH3 is 1. The van der Waals surface area contributed by atoms with Gasteiger partial charge in [-0.25, -0.2) is 5.84 Å². The summed E-state index contributed by atoms with van der Waals surface area (Å²) in [6.07, 6.45) is 0.980. The number of nitrogens with two attached hydrogens (primary N) is 1. The first-order valence-electron chi connectivity index (χ1n) is 8.20. The molecule has 3 N–H and O–H groups in total. The Hall–Kier alpha value is -1.75. The molecule has 5 nitrogen and oxygen atoms in total. The summed E-state index contributed by atoms with van der Waals surface area (Å²) in [7, 11) is 1.66. The van der Waals surface area contributed by atoms with Gasteiger partial charge in [-0.3, -0.25) is 10.2 Å². The molecule has 2 atom stereocenters. The minimum Gasteiger partial charge on any atom is -0.497 e. The molecule has 0 radical (unpaired) electrons. The van der Waals surface area contributed by atoms with Crippen LogP contribution in [0, 0.1) is 5.92 Å². The highest BCUT2D eigenvalue weighted by Crippen LogP contribution is 2.46. The largest absolute Gasteiger partial charge is 0.497 e. The number of nitrogens with zero attached hydrogens (tertiary/aromatic N) is 1. The number of hydrazine groups is 1. The molecule has 0 fully saturated rings. The molecule has 0 bridgehead atoms. The van der Waals surface area contributed by atoms with Gasteiger partial charge in [-0.2, -0.15) is 0 Å². The van der Waals surface area contributed by atoms with Crippen LogP contribution in [0.3, 0.4) is 0 Å². The van der Waals surface area contributed by atoms with Gasteiger partial charge in [-0.1, -0.05) is 26.8 Å². The van der Waals surface area contributed by atoms with Crippen LogP contribution in [0.1, 0.15) is 52.5 Å². The minimum atomic E-state index is -0.326. The molecule has 128 valence electrons. The van der Waals surface area contributed by atoms with Gasteiger partial charge in [0.05, 0.1) is 7.11 Å². The van der Waals surface area contributed by atoms with Crippen LogP contribution in [-0.4, -0.2) is 24.6 Å². The second-order valence-electron chi connectivity index (χ2n) is 7.41. The molecular weight excluding hydrogens is 290 g/mol. The van der Waals surface area contributed by atoms with Crippen LogP contribution < -0.4 is 20.9 Å². The van der Waals surface area contributed by atoms with Crippen LogP contribution in [0.5, 0.6) is 5.75 Å². The van der Waals surface area contributed by atoms with E-state index in [1.807, 2.05) is 26.0 Å². The highest BCUT2D eigenvalue weighted by Gasteiger charge is 2.43. The van der Waals surface area contributed by atoms with Gasteiger partial charge in [0.15, 0.2) is 0 Å². The van der Waals surface area contributed by atoms with Crippen molar-refractivity contribution in [2.45, 2.75) is 58.5 Å². The predicted molar refractivity (Wildman–Crippen MR) is 93.5 cm³/mol. The third kappa shape index (κ3) is 3.15. The van der Waals surface area contributed by atoms with E-state index < -0.39 is 0 Å². The molecule has 1 heterocycles. The van der Waals surface area contributed by atoms with Crippen LogP contribution in [0.15, 0.2) is 18.2 Å². The Balaban J connectivity index is 2.64. The van der Waals surface area contributed by atoms with Gasteiger partial charge < -0.3 is 9.64 Å². The molecule has 0 saturated carbocycles. The van der Waals surface area contributed by atoms with Crippen LogP contribution in [0.2, 0.25) is 0 Å². The molecule has 1 aromatic carbocycles. The molecule has 0 unspecified atom stereocenters. The lowest BCUT2D eigenvalue weighted by molar-refractivity contribution is -0.123. The SMILES string of the molecule is COc1ccc2c(c1)N([C@H](C(=O)NN)C(C)C)C(C)(C)C[C@@H]2C. The van der Waals surface area contributed by atoms with E-state index in [0.29, 0.717) is 5.92 Å². The quantitative estimate of drug-likeness (QED) is 0.509. The normalized spacial score (nSPS) is 20.9. The first-order valence-corrected chi connectivity index (χ1v) is 8.20. The average Bonchev–Trinajstić information content (AvgIpc) is 2.49. The van der Waals surface area contributed by atoms with Gasteiger partial charge in [0.1, 0.15) is 11.8 Å². The first-order chi connectivity index (χ1) is 10.7. The molecule has 2 rings (SSSR count). The number of hydrogen-bond acceptors (Lipinski definition) is 4. The summed E-state index contributed by atoms with van der Waals surface area (Å²) in [6, 6.07) is 5.80. The highest BCUT2D eigenvalue weighted by molar-refractivity contribution is 5.86. The lowest BCUT2D eigenvalue weighted by atomic mass is 9.78. The lowest BCUT2D eigenvalue weighted by Gasteiger charge is -2.51. The van der Waals surface area contributed by atoms with Crippen molar-refractivity contribution in [3.05, 3.63) is 23.8 Å². The number of nitrogens with one attached hydrogen (secondary N) is 1. The van der Waals surface area contributed by atoms with Gasteiger partial charge in [0.2, 0.25) is 0 Å². The maximum atomic E-state index is 12.5. The molecule has 5 heteroatoms. The van der Waals surface area contributed by atoms with Gasteiger partial charge in [0.25, 0.3) is 5.91 Å². The van der Waals surface area contributed by atoms with Gasteiger partial charge in [-0.05, 0) is 43.7 Å². The molecule has 0 aromatic heterocycles. The third-order valence-corrected chi connectivity index (χ3v) is 4.81. The van der Waals surface area contributed by atoms with E-state index in [1.165, 1.54) is 5.56 Å². The first kappa shape index (κ1) is 17.6. The van der Waals surface area contributed by atoms with E-state index >= 15 is 0 Å². The van der Waals surface area contributed by atoms with E-state index in [0.717, 1.165) is 17.9 Å². The third-order valence-electron chi connectivity index (χ3n) is 4.81. The summed E-state index contributed by atoms with van der Waals surface area (Å²) in [6.45, 7) is 10.7. The zero-order valence-electron chi connectivity index (χ0n) is 15.0. The summed E-state index contributed by atoms with van der Waals surface area (Å²) < 4.78 is 5.41. The summed E-state index contributed by atoms with van der Waals surface area (Å²) >= 11 is 0. The van der Waals surface area contributed by atoms with Gasteiger partial charge in [0, 0.05) is 17.3 Å². The zero-order chi connectivity index (χ0) is 17.4. The fraction of sp³-hybridized carbons (Fsp3) is 0.611. The number of benzene rings is 1. The maximum absolute atomic E-state index is 12.5. The van der Waals surface area contributed by atoms with E-state index in [1.54, 1.807) is 7.11 Å². The number of carbonyl (C=O) groups excluding carboxylic acids is 1. The van der Waals surface area contributed by atoms with E-state index in [2.05, 4.69) is 37.2 Å². The van der Waals surface area contributed by atoms with E-state index in [4.69, 9.17) is 10.6 Å². The maximum Gasteiger partial charge on any atom is 0.256 e. The van der Waals surface area contributed by atoms with Crippen molar-refractivity contribution in [1.82, 2.24) is 5.43 Å². The Morgan fingerprint density at radius 1 is 1.43 bits per heavy atom. The van der Waals surface area contributed by atoms with Crippen molar-refractivity contribution >= 4 is 11.6 Å². The molecular formula is C18H29N3O2. The van der Waals surface area contributed by atoms with Crippen LogP contribution >= 0.6 is 0 Å². The Morgan fingerprint density at radius 2 is 2.09 bits per heavy atom. The van der Waals surface area contributed by atoms with Crippen LogP contribution in [0.4, 0.5) is 5.69 Å². The van der Waals surface area contributed by atoms with E-state index in [-0.39, 0.29) is 23.4 Å². The smallest absolute Gasteiger partial charge is 0.256 e. The van der Waals surface area contributed by atoms with Crippen molar-refractivity contribution in [2.75, 3.05) is 12.0 Å². The monoisotopic (exact) mass is 319 g/mol. The van der Waals surface area contributed by atoms with Gasteiger partial charge >= 0.3 is 0 Å². The van der Waals surface area contributed by atoms with Crippen LogP contribution in [-0.2, 0) is 4.79 Å². The number of anilines is 1. The molecule has 1 amide bonds. The summed E-state index contributed by atoms with van der Waals surface area (Å²) in [5.41, 5.74) is 4.50. The highest BCUT2D eigenvalue weighted by atomic mass is 16.5. The number of amides is 1. The molecule has 0 aliphatic carbocycles. The Bertz CT molecular complexity index is 584. The van der Waals surface area contributed by atoms with Gasteiger partial charge in [-0.15, -0.1) is 0 Å². The number of carbonyl (C=O) groups is 1. The van der Waals surface area contributed by atoms with Crippen LogP contribution in [0.25, 0.3) is 0 Å².